The molecule has 3 fully saturated rings. The van der Waals surface area contributed by atoms with E-state index < -0.39 is 11.9 Å². The number of unbranched alkanes of at least 4 members (excludes halogenated alkanes) is 3. The molecule has 0 bridgehead atoms. The summed E-state index contributed by atoms with van der Waals surface area (Å²) in [6, 6.07) is 17.7. The van der Waals surface area contributed by atoms with E-state index in [9.17, 15) is 14.4 Å². The van der Waals surface area contributed by atoms with E-state index in [0.717, 1.165) is 122 Å². The van der Waals surface area contributed by atoms with Crippen molar-refractivity contribution < 1.29 is 14.4 Å². The van der Waals surface area contributed by atoms with Gasteiger partial charge in [0.1, 0.15) is 17.4 Å². The normalized spacial score (nSPS) is 19.8. The van der Waals surface area contributed by atoms with Crippen LogP contribution in [0.1, 0.15) is 95.9 Å². The van der Waals surface area contributed by atoms with Crippen LogP contribution >= 0.6 is 11.6 Å². The second kappa shape index (κ2) is 15.8. The minimum atomic E-state index is -0.624. The monoisotopic (exact) mass is 825 g/mol. The molecule has 2 aromatic carbocycles. The van der Waals surface area contributed by atoms with Crippen LogP contribution in [-0.4, -0.2) is 106 Å². The molecule has 1 spiro atoms. The molecule has 2 saturated heterocycles. The minimum Gasteiger partial charge on any atom is -0.321 e. The zero-order chi connectivity index (χ0) is 41.0. The molecule has 308 valence electrons. The summed E-state index contributed by atoms with van der Waals surface area (Å²) in [5.41, 5.74) is 8.11. The third-order valence-corrected chi connectivity index (χ3v) is 13.0. The van der Waals surface area contributed by atoms with Gasteiger partial charge in [-0.2, -0.15) is 5.10 Å². The fourth-order valence-corrected chi connectivity index (χ4v) is 9.35. The topological polar surface area (TPSA) is 147 Å². The van der Waals surface area contributed by atoms with E-state index in [1.807, 2.05) is 37.4 Å². The highest BCUT2D eigenvalue weighted by Gasteiger charge is 2.51. The van der Waals surface area contributed by atoms with Crippen LogP contribution in [0.2, 0.25) is 5.02 Å². The lowest BCUT2D eigenvalue weighted by Crippen LogP contribution is -2.52. The van der Waals surface area contributed by atoms with Gasteiger partial charge in [0, 0.05) is 73.6 Å². The zero-order valence-corrected chi connectivity index (χ0v) is 34.6. The number of imide groups is 1. The first-order chi connectivity index (χ1) is 29.2. The molecule has 14 nitrogen and oxygen atoms in total. The summed E-state index contributed by atoms with van der Waals surface area (Å²) in [6.07, 6.45) is 11.2. The molecule has 60 heavy (non-hydrogen) atoms. The molecule has 1 N–H and O–H groups in total. The number of carbonyl (C=O) groups is 3. The van der Waals surface area contributed by atoms with Crippen molar-refractivity contribution in [1.29, 1.82) is 0 Å². The highest BCUT2D eigenvalue weighted by Crippen LogP contribution is 2.52. The fourth-order valence-electron chi connectivity index (χ4n) is 9.22. The van der Waals surface area contributed by atoms with Gasteiger partial charge in [-0.15, -0.1) is 10.2 Å². The summed E-state index contributed by atoms with van der Waals surface area (Å²) >= 11 is 6.29. The van der Waals surface area contributed by atoms with Gasteiger partial charge in [0.05, 0.1) is 41.1 Å². The number of halogens is 1. The number of amides is 3. The molecule has 10 rings (SSSR count). The van der Waals surface area contributed by atoms with Crippen molar-refractivity contribution in [2.24, 2.45) is 4.99 Å². The Labute approximate surface area is 353 Å². The summed E-state index contributed by atoms with van der Waals surface area (Å²) in [7, 11) is 0. The van der Waals surface area contributed by atoms with Gasteiger partial charge in [0.15, 0.2) is 5.82 Å². The van der Waals surface area contributed by atoms with E-state index in [4.69, 9.17) is 26.7 Å². The average Bonchev–Trinajstić information content (AvgIpc) is 3.54. The number of aryl methyl sites for hydroxylation is 2. The number of nitrogens with zero attached hydrogens (tertiary/aromatic N) is 10. The number of hydrogen-bond acceptors (Lipinski definition) is 10. The molecule has 5 aromatic rings. The lowest BCUT2D eigenvalue weighted by atomic mass is 9.96. The molecule has 0 radical (unpaired) electrons. The van der Waals surface area contributed by atoms with Crippen molar-refractivity contribution in [3.63, 3.8) is 0 Å². The van der Waals surface area contributed by atoms with Crippen LogP contribution in [-0.2, 0) is 34.8 Å². The fraction of sp³-hybridized carbons (Fsp3) is 0.422. The Hall–Kier alpha value is -5.57. The number of fused-ring (bicyclic) bond motifs is 5. The Balaban J connectivity index is 0.690. The van der Waals surface area contributed by atoms with Gasteiger partial charge in [0.25, 0.3) is 5.91 Å². The summed E-state index contributed by atoms with van der Waals surface area (Å²) in [6.45, 7) is 9.04. The highest BCUT2D eigenvalue weighted by molar-refractivity contribution is 6.30. The first-order valence-electron chi connectivity index (χ1n) is 21.3. The van der Waals surface area contributed by atoms with Crippen molar-refractivity contribution in [2.75, 3.05) is 32.7 Å². The summed E-state index contributed by atoms with van der Waals surface area (Å²) in [4.78, 5) is 53.8. The molecule has 5 aliphatic rings. The van der Waals surface area contributed by atoms with Gasteiger partial charge in [-0.3, -0.25) is 43.8 Å². The molecule has 15 heteroatoms. The van der Waals surface area contributed by atoms with E-state index in [0.29, 0.717) is 29.2 Å². The van der Waals surface area contributed by atoms with E-state index in [-0.39, 0.29) is 23.8 Å². The second-order valence-electron chi connectivity index (χ2n) is 16.9. The number of carbonyl (C=O) groups excluding carboxylic acids is 3. The van der Waals surface area contributed by atoms with Crippen LogP contribution in [0.25, 0.3) is 16.8 Å². The van der Waals surface area contributed by atoms with E-state index in [1.54, 1.807) is 4.90 Å². The lowest BCUT2D eigenvalue weighted by Gasteiger charge is -2.34. The van der Waals surface area contributed by atoms with Crippen molar-refractivity contribution >= 4 is 35.0 Å². The molecule has 3 amide bonds. The Morgan fingerprint density at radius 2 is 1.60 bits per heavy atom. The Morgan fingerprint density at radius 1 is 0.833 bits per heavy atom. The molecule has 1 atom stereocenters. The first-order valence-corrected chi connectivity index (χ1v) is 21.6. The van der Waals surface area contributed by atoms with Crippen LogP contribution in [0.15, 0.2) is 72.0 Å². The van der Waals surface area contributed by atoms with E-state index >= 15 is 0 Å². The van der Waals surface area contributed by atoms with Gasteiger partial charge >= 0.3 is 0 Å². The number of hydrogen-bond donors (Lipinski definition) is 1. The second-order valence-corrected chi connectivity index (χ2v) is 17.3. The average molecular weight is 826 g/mol. The summed E-state index contributed by atoms with van der Waals surface area (Å²) in [5.74, 6) is 0.905. The largest absolute Gasteiger partial charge is 0.321 e. The number of rotatable bonds is 12. The van der Waals surface area contributed by atoms with Crippen molar-refractivity contribution in [1.82, 2.24) is 49.5 Å². The van der Waals surface area contributed by atoms with Gasteiger partial charge in [-0.05, 0) is 87.5 Å². The van der Waals surface area contributed by atoms with E-state index in [1.165, 1.54) is 12.8 Å². The van der Waals surface area contributed by atoms with Gasteiger partial charge in [0.2, 0.25) is 11.8 Å². The van der Waals surface area contributed by atoms with Gasteiger partial charge in [-0.1, -0.05) is 42.6 Å². The van der Waals surface area contributed by atoms with Crippen LogP contribution in [0.5, 0.6) is 0 Å². The first kappa shape index (κ1) is 38.6. The van der Waals surface area contributed by atoms with Crippen molar-refractivity contribution in [3.8, 4) is 16.8 Å². The third kappa shape index (κ3) is 7.45. The Bertz CT molecular complexity index is 2510. The van der Waals surface area contributed by atoms with Crippen LogP contribution in [0.3, 0.4) is 0 Å². The van der Waals surface area contributed by atoms with Crippen LogP contribution in [0, 0.1) is 6.92 Å². The molecule has 1 unspecified atom stereocenters. The summed E-state index contributed by atoms with van der Waals surface area (Å²) < 4.78 is 4.25. The predicted molar refractivity (Wildman–Crippen MR) is 226 cm³/mol. The maximum Gasteiger partial charge on any atom is 0.256 e. The maximum atomic E-state index is 13.1. The number of piperidine rings is 1. The Kier molecular flexibility index (Phi) is 10.2. The lowest BCUT2D eigenvalue weighted by molar-refractivity contribution is -0.136. The van der Waals surface area contributed by atoms with Crippen molar-refractivity contribution in [3.05, 3.63) is 112 Å². The molecule has 4 aliphatic heterocycles. The highest BCUT2D eigenvalue weighted by atomic mass is 35.5. The zero-order valence-electron chi connectivity index (χ0n) is 33.8. The number of nitrogens with one attached hydrogen (secondary N) is 1. The van der Waals surface area contributed by atoms with Crippen LogP contribution < -0.4 is 5.32 Å². The molecule has 7 heterocycles. The van der Waals surface area contributed by atoms with E-state index in [2.05, 4.69) is 71.1 Å². The number of piperazine rings is 1. The third-order valence-electron chi connectivity index (χ3n) is 12.8. The minimum absolute atomic E-state index is 0.185. The molecule has 3 aromatic heterocycles. The molecular formula is C45H48ClN11O3. The molecule has 1 saturated carbocycles. The number of pyridine rings is 1. The number of aromatic nitrogens is 6. The molecular weight excluding hydrogens is 778 g/mol. The van der Waals surface area contributed by atoms with Gasteiger partial charge in [-0.25, -0.2) is 0 Å². The Morgan fingerprint density at radius 3 is 2.38 bits per heavy atom. The van der Waals surface area contributed by atoms with Crippen molar-refractivity contribution in [2.45, 2.75) is 89.5 Å². The van der Waals surface area contributed by atoms with Crippen LogP contribution in [0.4, 0.5) is 0 Å². The van der Waals surface area contributed by atoms with Gasteiger partial charge < -0.3 is 9.80 Å². The maximum absolute atomic E-state index is 13.1. The molecule has 1 aliphatic carbocycles. The number of aliphatic imine (C=N–C) groups is 1. The summed E-state index contributed by atoms with van der Waals surface area (Å²) in [5, 5.41) is 16.9. The quantitative estimate of drug-likeness (QED) is 0.128. The standard InChI is InChI=1S/C45H48ClN11O3/c1-29-51-52-44-45(16-17-45)50-41(30-6-9-33(46)10-7-30)36-24-31(8-13-38(36)57(29)44)32-25-47-55(26-32)19-5-3-2-4-18-53-20-22-54(23-21-53)27-34-11-12-35-37(48-34)28-56(43(35)60)39-14-15-40(58)49-42(39)59/h6-13,24-26,39H,2-5,14-23,27-28H2,1H3,(H,49,58,59). The predicted octanol–water partition coefficient (Wildman–Crippen LogP) is 5.47. The smallest absolute Gasteiger partial charge is 0.256 e. The SMILES string of the molecule is Cc1nnc2n1-c1ccc(-c3cnn(CCCCCCN4CCN(Cc5ccc6c(n5)CN(C5CCC(=O)NC5=O)C6=O)CC4)c3)cc1C(c1ccc(Cl)cc1)=NC21CC1. The number of benzene rings is 2.